The molecule has 2 heterocycles. The summed E-state index contributed by atoms with van der Waals surface area (Å²) in [6.45, 7) is 3.33. The molecule has 0 spiro atoms. The van der Waals surface area contributed by atoms with E-state index in [1.54, 1.807) is 38.5 Å². The smallest absolute Gasteiger partial charge is 0.229 e. The van der Waals surface area contributed by atoms with Gasteiger partial charge in [-0.3, -0.25) is 9.59 Å². The van der Waals surface area contributed by atoms with Gasteiger partial charge >= 0.3 is 0 Å². The molecule has 0 bridgehead atoms. The molecule has 35 heavy (non-hydrogen) atoms. The van der Waals surface area contributed by atoms with Crippen molar-refractivity contribution >= 4 is 57.2 Å². The molecule has 2 aromatic heterocycles. The van der Waals surface area contributed by atoms with E-state index in [0.717, 1.165) is 30.8 Å². The number of nitrogens with zero attached hydrogens (tertiary/aromatic N) is 3. The number of hydrogen-bond acceptors (Lipinski definition) is 9. The molecular formula is C24H23N5O4S2. The molecular weight excluding hydrogens is 486 g/mol. The predicted octanol–water partition coefficient (Wildman–Crippen LogP) is 4.70. The van der Waals surface area contributed by atoms with Gasteiger partial charge in [0.15, 0.2) is 15.8 Å². The Labute approximate surface area is 210 Å². The molecule has 11 heteroatoms. The van der Waals surface area contributed by atoms with Crippen molar-refractivity contribution in [3.8, 4) is 11.5 Å². The summed E-state index contributed by atoms with van der Waals surface area (Å²) in [5, 5.41) is 7.13. The first-order valence-corrected chi connectivity index (χ1v) is 12.2. The predicted molar refractivity (Wildman–Crippen MR) is 137 cm³/mol. The average molecular weight is 510 g/mol. The maximum atomic E-state index is 12.6. The van der Waals surface area contributed by atoms with Crippen molar-refractivity contribution in [2.75, 3.05) is 24.9 Å². The van der Waals surface area contributed by atoms with Gasteiger partial charge in [0.05, 0.1) is 31.9 Å². The highest BCUT2D eigenvalue weighted by Crippen LogP contribution is 2.38. The topological polar surface area (TPSA) is 115 Å². The molecule has 2 amide bonds. The highest BCUT2D eigenvalue weighted by atomic mass is 32.2. The lowest BCUT2D eigenvalue weighted by atomic mass is 10.2. The van der Waals surface area contributed by atoms with Gasteiger partial charge < -0.3 is 20.1 Å². The van der Waals surface area contributed by atoms with Crippen LogP contribution in [0.4, 0.5) is 11.4 Å². The SMILES string of the molecule is COc1cc2ncnc(Sc3nc(C)c(CC(=O)Nc4ccc(NC(C)=O)cc4)s3)c2cc1OC. The summed E-state index contributed by atoms with van der Waals surface area (Å²) < 4.78 is 11.6. The zero-order valence-electron chi connectivity index (χ0n) is 19.5. The highest BCUT2D eigenvalue weighted by molar-refractivity contribution is 8.01. The number of amides is 2. The molecule has 0 aliphatic rings. The number of thiazole rings is 1. The van der Waals surface area contributed by atoms with Gasteiger partial charge in [-0.25, -0.2) is 15.0 Å². The van der Waals surface area contributed by atoms with E-state index in [2.05, 4.69) is 25.6 Å². The summed E-state index contributed by atoms with van der Waals surface area (Å²) in [6.07, 6.45) is 1.70. The van der Waals surface area contributed by atoms with Gasteiger partial charge in [-0.15, -0.1) is 11.3 Å². The lowest BCUT2D eigenvalue weighted by Gasteiger charge is -2.10. The van der Waals surface area contributed by atoms with Crippen molar-refractivity contribution in [3.63, 3.8) is 0 Å². The monoisotopic (exact) mass is 509 g/mol. The van der Waals surface area contributed by atoms with Crippen LogP contribution < -0.4 is 20.1 Å². The first kappa shape index (κ1) is 24.4. The second-order valence-corrected chi connectivity index (χ2v) is 9.80. The van der Waals surface area contributed by atoms with E-state index in [4.69, 9.17) is 9.47 Å². The van der Waals surface area contributed by atoms with Gasteiger partial charge in [0, 0.05) is 34.6 Å². The minimum atomic E-state index is -0.148. The van der Waals surface area contributed by atoms with E-state index in [-0.39, 0.29) is 18.2 Å². The molecule has 2 N–H and O–H groups in total. The molecule has 4 rings (SSSR count). The minimum absolute atomic E-state index is 0.148. The van der Waals surface area contributed by atoms with Gasteiger partial charge in [-0.1, -0.05) is 0 Å². The van der Waals surface area contributed by atoms with Crippen LogP contribution in [0, 0.1) is 6.92 Å². The molecule has 9 nitrogen and oxygen atoms in total. The van der Waals surface area contributed by atoms with Crippen LogP contribution in [0.25, 0.3) is 10.9 Å². The molecule has 4 aromatic rings. The van der Waals surface area contributed by atoms with Crippen LogP contribution in [0.5, 0.6) is 11.5 Å². The molecule has 0 aliphatic heterocycles. The van der Waals surface area contributed by atoms with E-state index in [1.807, 2.05) is 19.1 Å². The number of aromatic nitrogens is 3. The van der Waals surface area contributed by atoms with Gasteiger partial charge in [0.1, 0.15) is 11.4 Å². The minimum Gasteiger partial charge on any atom is -0.493 e. The zero-order valence-corrected chi connectivity index (χ0v) is 21.2. The highest BCUT2D eigenvalue weighted by Gasteiger charge is 2.16. The lowest BCUT2D eigenvalue weighted by molar-refractivity contribution is -0.116. The number of carbonyl (C=O) groups is 2. The fourth-order valence-corrected chi connectivity index (χ4v) is 5.54. The van der Waals surface area contributed by atoms with E-state index in [9.17, 15) is 9.59 Å². The summed E-state index contributed by atoms with van der Waals surface area (Å²) in [5.74, 6) is 0.891. The fourth-order valence-electron chi connectivity index (χ4n) is 3.32. The van der Waals surface area contributed by atoms with E-state index < -0.39 is 0 Å². The van der Waals surface area contributed by atoms with Crippen LogP contribution in [0.2, 0.25) is 0 Å². The number of hydrogen-bond donors (Lipinski definition) is 2. The van der Waals surface area contributed by atoms with Crippen molar-refractivity contribution in [1.82, 2.24) is 15.0 Å². The Balaban J connectivity index is 1.47. The van der Waals surface area contributed by atoms with Gasteiger partial charge in [0.25, 0.3) is 0 Å². The normalized spacial score (nSPS) is 10.7. The maximum absolute atomic E-state index is 12.6. The van der Waals surface area contributed by atoms with Crippen molar-refractivity contribution in [2.24, 2.45) is 0 Å². The van der Waals surface area contributed by atoms with Crippen molar-refractivity contribution < 1.29 is 19.1 Å². The largest absolute Gasteiger partial charge is 0.493 e. The number of carbonyl (C=O) groups excluding carboxylic acids is 2. The zero-order chi connectivity index (χ0) is 24.9. The summed E-state index contributed by atoms with van der Waals surface area (Å²) in [4.78, 5) is 38.0. The van der Waals surface area contributed by atoms with Gasteiger partial charge in [0.2, 0.25) is 11.8 Å². The first-order valence-electron chi connectivity index (χ1n) is 10.5. The number of ether oxygens (including phenoxy) is 2. The molecule has 0 saturated heterocycles. The summed E-state index contributed by atoms with van der Waals surface area (Å²) in [7, 11) is 3.16. The number of benzene rings is 2. The number of fused-ring (bicyclic) bond motifs is 1. The number of nitrogens with one attached hydrogen (secondary N) is 2. The van der Waals surface area contributed by atoms with E-state index >= 15 is 0 Å². The lowest BCUT2D eigenvalue weighted by Crippen LogP contribution is -2.14. The molecule has 0 aliphatic carbocycles. The number of rotatable bonds is 8. The second kappa shape index (κ2) is 10.7. The van der Waals surface area contributed by atoms with Crippen LogP contribution in [0.1, 0.15) is 17.5 Å². The third-order valence-electron chi connectivity index (χ3n) is 4.97. The molecule has 0 radical (unpaired) electrons. The molecule has 0 saturated carbocycles. The van der Waals surface area contributed by atoms with Crippen LogP contribution in [-0.4, -0.2) is 41.0 Å². The van der Waals surface area contributed by atoms with Gasteiger partial charge in [-0.05, 0) is 49.0 Å². The number of methoxy groups -OCH3 is 2. The van der Waals surface area contributed by atoms with Crippen LogP contribution in [0.15, 0.2) is 52.1 Å². The quantitative estimate of drug-likeness (QED) is 0.328. The van der Waals surface area contributed by atoms with Gasteiger partial charge in [-0.2, -0.15) is 0 Å². The van der Waals surface area contributed by atoms with Crippen molar-refractivity contribution in [3.05, 3.63) is 53.3 Å². The molecule has 0 fully saturated rings. The Morgan fingerprint density at radius 3 is 2.31 bits per heavy atom. The van der Waals surface area contributed by atoms with Crippen molar-refractivity contribution in [1.29, 1.82) is 0 Å². The van der Waals surface area contributed by atoms with Crippen molar-refractivity contribution in [2.45, 2.75) is 29.6 Å². The first-order chi connectivity index (χ1) is 16.9. The van der Waals surface area contributed by atoms with Crippen LogP contribution in [-0.2, 0) is 16.0 Å². The Hall–Kier alpha value is -3.70. The molecule has 2 aromatic carbocycles. The third kappa shape index (κ3) is 5.87. The Morgan fingerprint density at radius 1 is 1.00 bits per heavy atom. The summed E-state index contributed by atoms with van der Waals surface area (Å²) in [6, 6.07) is 10.6. The fraction of sp³-hybridized carbons (Fsp3) is 0.208. The molecule has 0 unspecified atom stereocenters. The second-order valence-electron chi connectivity index (χ2n) is 7.48. The van der Waals surface area contributed by atoms with E-state index in [0.29, 0.717) is 22.9 Å². The number of aryl methyl sites for hydroxylation is 1. The Kier molecular flexibility index (Phi) is 7.47. The Morgan fingerprint density at radius 2 is 1.66 bits per heavy atom. The molecule has 0 atom stereocenters. The summed E-state index contributed by atoms with van der Waals surface area (Å²) in [5.41, 5.74) is 2.85. The van der Waals surface area contributed by atoms with E-state index in [1.165, 1.54) is 36.3 Å². The summed E-state index contributed by atoms with van der Waals surface area (Å²) >= 11 is 2.87. The Bertz CT molecular complexity index is 1390. The third-order valence-corrected chi connectivity index (χ3v) is 7.21. The molecule has 180 valence electrons. The average Bonchev–Trinajstić information content (AvgIpc) is 3.17. The maximum Gasteiger partial charge on any atom is 0.229 e. The standard InChI is InChI=1S/C24H23N5O4S2/c1-13-21(11-22(31)29-16-7-5-15(6-8-16)28-14(2)30)34-24(27-13)35-23-17-9-19(32-3)20(33-4)10-18(17)25-12-26-23/h5-10,12H,11H2,1-4H3,(H,28,30)(H,29,31). The van der Waals surface area contributed by atoms with Crippen LogP contribution >= 0.6 is 23.1 Å². The van der Waals surface area contributed by atoms with Crippen LogP contribution in [0.3, 0.4) is 0 Å². The number of anilines is 2.